The molecule has 108 valence electrons. The summed E-state index contributed by atoms with van der Waals surface area (Å²) in [7, 11) is 0. The number of nitro benzene ring substituents is 1. The van der Waals surface area contributed by atoms with Crippen LogP contribution < -0.4 is 0 Å². The Morgan fingerprint density at radius 3 is 2.70 bits per heavy atom. The minimum Gasteiger partial charge on any atom is -0.303 e. The van der Waals surface area contributed by atoms with Crippen LogP contribution in [0.4, 0.5) is 5.69 Å². The summed E-state index contributed by atoms with van der Waals surface area (Å²) >= 11 is 0. The van der Waals surface area contributed by atoms with E-state index in [0.29, 0.717) is 5.56 Å². The highest BCUT2D eigenvalue weighted by Crippen LogP contribution is 2.20. The van der Waals surface area contributed by atoms with Gasteiger partial charge in [-0.3, -0.25) is 10.1 Å². The minimum absolute atomic E-state index is 0.196. The van der Waals surface area contributed by atoms with Gasteiger partial charge in [0.25, 0.3) is 5.69 Å². The maximum atomic E-state index is 10.9. The Balaban J connectivity index is 1.90. The number of rotatable bonds is 5. The number of piperidine rings is 1. The van der Waals surface area contributed by atoms with E-state index in [4.69, 9.17) is 0 Å². The Hall–Kier alpha value is -1.75. The highest BCUT2D eigenvalue weighted by atomic mass is 16.6. The third kappa shape index (κ3) is 3.63. The maximum Gasteiger partial charge on any atom is 0.272 e. The summed E-state index contributed by atoms with van der Waals surface area (Å²) < 4.78 is 0. The van der Waals surface area contributed by atoms with Crippen LogP contribution in [0.5, 0.6) is 0 Å². The van der Waals surface area contributed by atoms with E-state index in [9.17, 15) is 14.9 Å². The number of benzene rings is 1. The van der Waals surface area contributed by atoms with Gasteiger partial charge in [0.15, 0.2) is 0 Å². The Labute approximate surface area is 118 Å². The van der Waals surface area contributed by atoms with E-state index >= 15 is 0 Å². The molecule has 0 aliphatic carbocycles. The standard InChI is InChI=1S/C15H20N2O3/c1-12-2-3-13(10-15(12)17(19)20)4-7-16-8-5-14(11-18)6-9-16/h2-3,10-11,14H,4-9H2,1H3. The van der Waals surface area contributed by atoms with Crippen molar-refractivity contribution in [1.82, 2.24) is 4.90 Å². The first-order valence-electron chi connectivity index (χ1n) is 7.01. The average molecular weight is 276 g/mol. The van der Waals surface area contributed by atoms with Gasteiger partial charge < -0.3 is 9.69 Å². The second-order valence-electron chi connectivity index (χ2n) is 5.44. The van der Waals surface area contributed by atoms with E-state index in [0.717, 1.165) is 50.7 Å². The number of aryl methyl sites for hydroxylation is 1. The molecule has 1 saturated heterocycles. The highest BCUT2D eigenvalue weighted by molar-refractivity contribution is 5.53. The van der Waals surface area contributed by atoms with Crippen molar-refractivity contribution < 1.29 is 9.72 Å². The first-order chi connectivity index (χ1) is 9.60. The maximum absolute atomic E-state index is 10.9. The Bertz CT molecular complexity index is 494. The van der Waals surface area contributed by atoms with Gasteiger partial charge in [-0.05, 0) is 44.8 Å². The van der Waals surface area contributed by atoms with Gasteiger partial charge in [0.05, 0.1) is 4.92 Å². The van der Waals surface area contributed by atoms with Crippen molar-refractivity contribution in [3.63, 3.8) is 0 Å². The molecular formula is C15H20N2O3. The van der Waals surface area contributed by atoms with Gasteiger partial charge in [0.2, 0.25) is 0 Å². The number of nitro groups is 1. The van der Waals surface area contributed by atoms with Gasteiger partial charge in [0.1, 0.15) is 6.29 Å². The number of carbonyl (C=O) groups excluding carboxylic acids is 1. The van der Waals surface area contributed by atoms with Crippen molar-refractivity contribution in [3.8, 4) is 0 Å². The van der Waals surface area contributed by atoms with Crippen molar-refractivity contribution in [1.29, 1.82) is 0 Å². The summed E-state index contributed by atoms with van der Waals surface area (Å²) in [5.41, 5.74) is 1.90. The summed E-state index contributed by atoms with van der Waals surface area (Å²) in [6.45, 7) is 4.53. The summed E-state index contributed by atoms with van der Waals surface area (Å²) in [5.74, 6) is 0.215. The Morgan fingerprint density at radius 1 is 1.40 bits per heavy atom. The smallest absolute Gasteiger partial charge is 0.272 e. The SMILES string of the molecule is Cc1ccc(CCN2CCC(C=O)CC2)cc1[N+](=O)[O-]. The zero-order valence-corrected chi connectivity index (χ0v) is 11.7. The topological polar surface area (TPSA) is 63.5 Å². The van der Waals surface area contributed by atoms with Crippen LogP contribution in [0.15, 0.2) is 18.2 Å². The largest absolute Gasteiger partial charge is 0.303 e. The molecule has 0 bridgehead atoms. The number of aldehydes is 1. The lowest BCUT2D eigenvalue weighted by atomic mass is 9.98. The number of hydrogen-bond donors (Lipinski definition) is 0. The second kappa shape index (κ2) is 6.61. The van der Waals surface area contributed by atoms with Crippen LogP contribution in [0.1, 0.15) is 24.0 Å². The summed E-state index contributed by atoms with van der Waals surface area (Å²) in [5, 5.41) is 10.9. The molecule has 0 spiro atoms. The summed E-state index contributed by atoms with van der Waals surface area (Å²) in [6.07, 6.45) is 3.72. The fraction of sp³-hybridized carbons (Fsp3) is 0.533. The Kier molecular flexibility index (Phi) is 4.84. The van der Waals surface area contributed by atoms with Crippen LogP contribution in [0.3, 0.4) is 0 Å². The Morgan fingerprint density at radius 2 is 2.10 bits per heavy atom. The van der Waals surface area contributed by atoms with E-state index in [2.05, 4.69) is 4.90 Å². The first-order valence-corrected chi connectivity index (χ1v) is 7.01. The van der Waals surface area contributed by atoms with Crippen molar-refractivity contribution in [3.05, 3.63) is 39.4 Å². The fourth-order valence-electron chi connectivity index (χ4n) is 2.61. The van der Waals surface area contributed by atoms with E-state index in [1.807, 2.05) is 12.1 Å². The molecule has 1 aliphatic rings. The molecule has 0 unspecified atom stereocenters. The lowest BCUT2D eigenvalue weighted by molar-refractivity contribution is -0.385. The van der Waals surface area contributed by atoms with Crippen LogP contribution in [-0.4, -0.2) is 35.7 Å². The van der Waals surface area contributed by atoms with Gasteiger partial charge in [0, 0.05) is 24.1 Å². The lowest BCUT2D eigenvalue weighted by Crippen LogP contribution is -2.35. The zero-order chi connectivity index (χ0) is 14.5. The van der Waals surface area contributed by atoms with Gasteiger partial charge in [-0.25, -0.2) is 0 Å². The van der Waals surface area contributed by atoms with Gasteiger partial charge in [-0.2, -0.15) is 0 Å². The van der Waals surface area contributed by atoms with E-state index in [-0.39, 0.29) is 16.5 Å². The second-order valence-corrected chi connectivity index (χ2v) is 5.44. The molecule has 1 fully saturated rings. The molecule has 0 atom stereocenters. The predicted octanol–water partition coefficient (Wildman–Crippen LogP) is 2.36. The van der Waals surface area contributed by atoms with E-state index in [1.165, 1.54) is 0 Å². The number of carbonyl (C=O) groups is 1. The van der Waals surface area contributed by atoms with Gasteiger partial charge in [-0.1, -0.05) is 12.1 Å². The highest BCUT2D eigenvalue weighted by Gasteiger charge is 2.18. The number of hydrogen-bond acceptors (Lipinski definition) is 4. The molecule has 0 N–H and O–H groups in total. The summed E-state index contributed by atoms with van der Waals surface area (Å²) in [6, 6.07) is 5.44. The van der Waals surface area contributed by atoms with Crippen molar-refractivity contribution >= 4 is 12.0 Å². The molecule has 0 radical (unpaired) electrons. The van der Waals surface area contributed by atoms with Crippen molar-refractivity contribution in [2.75, 3.05) is 19.6 Å². The summed E-state index contributed by atoms with van der Waals surface area (Å²) in [4.78, 5) is 23.6. The molecule has 0 saturated carbocycles. The molecular weight excluding hydrogens is 256 g/mol. The molecule has 5 nitrogen and oxygen atoms in total. The number of nitrogens with zero attached hydrogens (tertiary/aromatic N) is 2. The molecule has 20 heavy (non-hydrogen) atoms. The van der Waals surface area contributed by atoms with E-state index in [1.54, 1.807) is 13.0 Å². The van der Waals surface area contributed by atoms with Gasteiger partial charge >= 0.3 is 0 Å². The molecule has 0 amide bonds. The first kappa shape index (κ1) is 14.7. The third-order valence-electron chi connectivity index (χ3n) is 4.01. The predicted molar refractivity (Wildman–Crippen MR) is 76.8 cm³/mol. The monoisotopic (exact) mass is 276 g/mol. The van der Waals surface area contributed by atoms with Crippen LogP contribution in [0, 0.1) is 23.0 Å². The zero-order valence-electron chi connectivity index (χ0n) is 11.7. The fourth-order valence-corrected chi connectivity index (χ4v) is 2.61. The van der Waals surface area contributed by atoms with Crippen LogP contribution in [0.2, 0.25) is 0 Å². The van der Waals surface area contributed by atoms with Crippen LogP contribution in [0.25, 0.3) is 0 Å². The third-order valence-corrected chi connectivity index (χ3v) is 4.01. The van der Waals surface area contributed by atoms with E-state index < -0.39 is 0 Å². The average Bonchev–Trinajstić information content (AvgIpc) is 2.46. The quantitative estimate of drug-likeness (QED) is 0.470. The van der Waals surface area contributed by atoms with Gasteiger partial charge in [-0.15, -0.1) is 0 Å². The van der Waals surface area contributed by atoms with Crippen LogP contribution >= 0.6 is 0 Å². The molecule has 2 rings (SSSR count). The molecule has 1 aromatic rings. The lowest BCUT2D eigenvalue weighted by Gasteiger charge is -2.29. The molecule has 1 aromatic carbocycles. The molecule has 1 heterocycles. The van der Waals surface area contributed by atoms with Crippen molar-refractivity contribution in [2.24, 2.45) is 5.92 Å². The minimum atomic E-state index is -0.325. The molecule has 1 aliphatic heterocycles. The molecule has 5 heteroatoms. The number of likely N-dealkylation sites (tertiary alicyclic amines) is 1. The molecule has 0 aromatic heterocycles. The van der Waals surface area contributed by atoms with Crippen molar-refractivity contribution in [2.45, 2.75) is 26.2 Å². The van der Waals surface area contributed by atoms with Crippen LogP contribution in [-0.2, 0) is 11.2 Å². The normalized spacial score (nSPS) is 17.1.